The van der Waals surface area contributed by atoms with Crippen molar-refractivity contribution in [3.05, 3.63) is 52.0 Å². The van der Waals surface area contributed by atoms with Gasteiger partial charge in [0.05, 0.1) is 0 Å². The third-order valence-corrected chi connectivity index (χ3v) is 4.31. The van der Waals surface area contributed by atoms with Gasteiger partial charge in [-0.2, -0.15) is 0 Å². The first-order valence-electron chi connectivity index (χ1n) is 5.57. The van der Waals surface area contributed by atoms with Crippen LogP contribution in [0, 0.1) is 5.92 Å². The number of carboxylic acids is 1. The van der Waals surface area contributed by atoms with E-state index in [0.29, 0.717) is 17.0 Å². The number of carbonyl (C=O) groups is 1. The quantitative estimate of drug-likeness (QED) is 0.862. The van der Waals surface area contributed by atoms with Crippen LogP contribution in [0.3, 0.4) is 0 Å². The summed E-state index contributed by atoms with van der Waals surface area (Å²) >= 11 is 1.28. The molecule has 2 unspecified atom stereocenters. The number of rotatable bonds is 2. The lowest BCUT2D eigenvalue weighted by Crippen LogP contribution is -2.37. The van der Waals surface area contributed by atoms with Gasteiger partial charge in [-0.15, -0.1) is 11.3 Å². The molecule has 1 aromatic carbocycles. The molecule has 0 radical (unpaired) electrons. The molecule has 5 heteroatoms. The molecule has 4 nitrogen and oxygen atoms in total. The van der Waals surface area contributed by atoms with Crippen LogP contribution in [0.4, 0.5) is 0 Å². The first kappa shape index (κ1) is 11.4. The van der Waals surface area contributed by atoms with E-state index in [1.165, 1.54) is 11.3 Å². The van der Waals surface area contributed by atoms with Crippen molar-refractivity contribution >= 4 is 17.3 Å². The summed E-state index contributed by atoms with van der Waals surface area (Å²) in [7, 11) is 0. The molecule has 92 valence electrons. The van der Waals surface area contributed by atoms with Crippen molar-refractivity contribution < 1.29 is 15.0 Å². The smallest absolute Gasteiger partial charge is 0.310 e. The van der Waals surface area contributed by atoms with Gasteiger partial charge in [0, 0.05) is 11.6 Å². The van der Waals surface area contributed by atoms with Crippen molar-refractivity contribution in [1.82, 2.24) is 4.98 Å². The van der Waals surface area contributed by atoms with Crippen molar-refractivity contribution in [3.63, 3.8) is 0 Å². The molecule has 0 aliphatic heterocycles. The fraction of sp³-hybridized carbons (Fsp3) is 0.231. The van der Waals surface area contributed by atoms with E-state index >= 15 is 0 Å². The Morgan fingerprint density at radius 2 is 2.22 bits per heavy atom. The zero-order valence-corrected chi connectivity index (χ0v) is 10.2. The second-order valence-electron chi connectivity index (χ2n) is 4.36. The van der Waals surface area contributed by atoms with E-state index in [2.05, 4.69) is 4.98 Å². The average molecular weight is 261 g/mol. The number of aromatic nitrogens is 1. The number of thiazole rings is 1. The van der Waals surface area contributed by atoms with Gasteiger partial charge in [-0.1, -0.05) is 24.3 Å². The van der Waals surface area contributed by atoms with Crippen LogP contribution in [0.5, 0.6) is 0 Å². The zero-order valence-electron chi connectivity index (χ0n) is 9.41. The Labute approximate surface area is 108 Å². The topological polar surface area (TPSA) is 70.4 Å². The van der Waals surface area contributed by atoms with Gasteiger partial charge in [0.1, 0.15) is 10.9 Å². The summed E-state index contributed by atoms with van der Waals surface area (Å²) in [5, 5.41) is 22.4. The highest BCUT2D eigenvalue weighted by molar-refractivity contribution is 7.09. The lowest BCUT2D eigenvalue weighted by atomic mass is 9.88. The zero-order chi connectivity index (χ0) is 12.8. The summed E-state index contributed by atoms with van der Waals surface area (Å²) in [5.74, 6) is -1.87. The maximum Gasteiger partial charge on any atom is 0.310 e. The van der Waals surface area contributed by atoms with Crippen molar-refractivity contribution in [3.8, 4) is 0 Å². The van der Waals surface area contributed by atoms with E-state index in [1.54, 1.807) is 17.6 Å². The number of aliphatic hydroxyl groups is 1. The third kappa shape index (κ3) is 1.41. The minimum Gasteiger partial charge on any atom is -0.481 e. The normalized spacial score (nSPS) is 25.9. The first-order valence-corrected chi connectivity index (χ1v) is 6.45. The molecule has 0 bridgehead atoms. The van der Waals surface area contributed by atoms with E-state index in [-0.39, 0.29) is 0 Å². The number of hydrogen-bond acceptors (Lipinski definition) is 4. The fourth-order valence-corrected chi connectivity index (χ4v) is 3.37. The molecule has 2 atom stereocenters. The highest BCUT2D eigenvalue weighted by atomic mass is 32.1. The van der Waals surface area contributed by atoms with Crippen LogP contribution >= 0.6 is 11.3 Å². The van der Waals surface area contributed by atoms with Gasteiger partial charge in [0.25, 0.3) is 0 Å². The third-order valence-electron chi connectivity index (χ3n) is 3.41. The van der Waals surface area contributed by atoms with Gasteiger partial charge < -0.3 is 10.2 Å². The Bertz CT molecular complexity index is 596. The second kappa shape index (κ2) is 3.90. The van der Waals surface area contributed by atoms with E-state index in [0.717, 1.165) is 5.56 Å². The number of carboxylic acid groups (broad SMARTS) is 1. The molecule has 0 amide bonds. The molecule has 0 saturated heterocycles. The molecule has 3 rings (SSSR count). The number of aliphatic carboxylic acids is 1. The van der Waals surface area contributed by atoms with Gasteiger partial charge in [-0.25, -0.2) is 4.98 Å². The molecule has 18 heavy (non-hydrogen) atoms. The minimum absolute atomic E-state index is 0.335. The minimum atomic E-state index is -1.50. The molecule has 0 saturated carbocycles. The van der Waals surface area contributed by atoms with Crippen LogP contribution in [0.25, 0.3) is 0 Å². The first-order chi connectivity index (χ1) is 8.64. The summed E-state index contributed by atoms with van der Waals surface area (Å²) in [6.07, 6.45) is 1.92. The number of hydrogen-bond donors (Lipinski definition) is 2. The molecule has 2 N–H and O–H groups in total. The van der Waals surface area contributed by atoms with Crippen LogP contribution < -0.4 is 0 Å². The SMILES string of the molecule is O=C(O)C1Cc2ccccc2C1(O)c1nccs1. The Kier molecular flexibility index (Phi) is 2.46. The second-order valence-corrected chi connectivity index (χ2v) is 5.25. The molecule has 1 heterocycles. The number of nitrogens with zero attached hydrogens (tertiary/aromatic N) is 1. The standard InChI is InChI=1S/C13H11NO3S/c15-11(16)10-7-8-3-1-2-4-9(8)13(10,17)12-14-5-6-18-12/h1-6,10,17H,7H2,(H,15,16). The largest absolute Gasteiger partial charge is 0.481 e. The highest BCUT2D eigenvalue weighted by Gasteiger charge is 2.52. The van der Waals surface area contributed by atoms with Crippen molar-refractivity contribution in [2.45, 2.75) is 12.0 Å². The molecule has 1 aliphatic rings. The molecule has 2 aromatic rings. The Hall–Kier alpha value is -1.72. The maximum absolute atomic E-state index is 11.4. The summed E-state index contributed by atoms with van der Waals surface area (Å²) in [4.78, 5) is 15.5. The van der Waals surface area contributed by atoms with Crippen molar-refractivity contribution in [2.75, 3.05) is 0 Å². The van der Waals surface area contributed by atoms with E-state index < -0.39 is 17.5 Å². The van der Waals surface area contributed by atoms with Gasteiger partial charge in [-0.3, -0.25) is 4.79 Å². The molecule has 1 aromatic heterocycles. The number of fused-ring (bicyclic) bond motifs is 1. The van der Waals surface area contributed by atoms with Gasteiger partial charge in [0.2, 0.25) is 0 Å². The molecule has 1 aliphatic carbocycles. The molecular weight excluding hydrogens is 250 g/mol. The van der Waals surface area contributed by atoms with E-state index in [1.807, 2.05) is 18.2 Å². The Morgan fingerprint density at radius 1 is 1.44 bits per heavy atom. The lowest BCUT2D eigenvalue weighted by molar-refractivity contribution is -0.148. The van der Waals surface area contributed by atoms with E-state index in [9.17, 15) is 15.0 Å². The van der Waals surface area contributed by atoms with Gasteiger partial charge in [-0.05, 0) is 17.5 Å². The Balaban J connectivity index is 2.22. The van der Waals surface area contributed by atoms with Crippen molar-refractivity contribution in [2.24, 2.45) is 5.92 Å². The van der Waals surface area contributed by atoms with Crippen LogP contribution in [0.2, 0.25) is 0 Å². The van der Waals surface area contributed by atoms with Crippen LogP contribution in [0.15, 0.2) is 35.8 Å². The predicted molar refractivity (Wildman–Crippen MR) is 66.4 cm³/mol. The van der Waals surface area contributed by atoms with E-state index in [4.69, 9.17) is 0 Å². The maximum atomic E-state index is 11.4. The lowest BCUT2D eigenvalue weighted by Gasteiger charge is -2.26. The molecule has 0 fully saturated rings. The summed E-state index contributed by atoms with van der Waals surface area (Å²) in [6.45, 7) is 0. The summed E-state index contributed by atoms with van der Waals surface area (Å²) < 4.78 is 0. The predicted octanol–water partition coefficient (Wildman–Crippen LogP) is 1.64. The van der Waals surface area contributed by atoms with Crippen LogP contribution in [-0.4, -0.2) is 21.2 Å². The monoisotopic (exact) mass is 261 g/mol. The summed E-state index contributed by atoms with van der Waals surface area (Å²) in [5.41, 5.74) is 0.0336. The van der Waals surface area contributed by atoms with Crippen LogP contribution in [-0.2, 0) is 16.8 Å². The van der Waals surface area contributed by atoms with Gasteiger partial charge >= 0.3 is 5.97 Å². The number of benzene rings is 1. The summed E-state index contributed by atoms with van der Waals surface area (Å²) in [6, 6.07) is 7.30. The Morgan fingerprint density at radius 3 is 2.89 bits per heavy atom. The fourth-order valence-electron chi connectivity index (χ4n) is 2.57. The average Bonchev–Trinajstić information content (AvgIpc) is 2.97. The van der Waals surface area contributed by atoms with Crippen molar-refractivity contribution in [1.29, 1.82) is 0 Å². The molecular formula is C13H11NO3S. The van der Waals surface area contributed by atoms with Crippen LogP contribution in [0.1, 0.15) is 16.1 Å². The van der Waals surface area contributed by atoms with Gasteiger partial charge in [0.15, 0.2) is 5.60 Å². The molecule has 0 spiro atoms. The highest BCUT2D eigenvalue weighted by Crippen LogP contribution is 2.46.